The van der Waals surface area contributed by atoms with Gasteiger partial charge in [-0.05, 0) is 12.8 Å². The van der Waals surface area contributed by atoms with Crippen LogP contribution in [0.4, 0.5) is 0 Å². The predicted molar refractivity (Wildman–Crippen MR) is 122 cm³/mol. The maximum Gasteiger partial charge on any atom is 0.331 e. The van der Waals surface area contributed by atoms with E-state index in [9.17, 15) is 9.90 Å². The molecule has 0 saturated carbocycles. The van der Waals surface area contributed by atoms with Crippen LogP contribution in [0.3, 0.4) is 0 Å². The molecule has 162 valence electrons. The molecule has 1 atom stereocenters. The lowest BCUT2D eigenvalue weighted by atomic mass is 10.1. The van der Waals surface area contributed by atoms with Crippen molar-refractivity contribution in [3.05, 3.63) is 72.4 Å². The SMILES string of the molecule is CCCCCCCCCC=CC=CC=CC=CC=CC=C(CC(O)CO)C(=O)O. The van der Waals surface area contributed by atoms with E-state index in [1.807, 2.05) is 30.4 Å². The third-order valence-corrected chi connectivity index (χ3v) is 4.24. The largest absolute Gasteiger partial charge is 0.478 e. The maximum absolute atomic E-state index is 11.0. The lowest BCUT2D eigenvalue weighted by Crippen LogP contribution is -2.16. The standard InChI is InChI=1S/C25H38O4/c1-2-3-4-5-6-7-8-9-10-11-12-13-14-15-16-17-18-19-20-23(25(28)29)21-24(27)22-26/h10-20,24,26-27H,2-9,21-22H2,1H3,(H,28,29). The second-order valence-electron chi connectivity index (χ2n) is 6.92. The van der Waals surface area contributed by atoms with Crippen LogP contribution in [0.25, 0.3) is 0 Å². The molecule has 0 spiro atoms. The molecule has 4 heteroatoms. The molecule has 4 nitrogen and oxygen atoms in total. The Morgan fingerprint density at radius 3 is 1.86 bits per heavy atom. The van der Waals surface area contributed by atoms with E-state index in [0.29, 0.717) is 0 Å². The van der Waals surface area contributed by atoms with E-state index in [-0.39, 0.29) is 12.0 Å². The second-order valence-corrected chi connectivity index (χ2v) is 6.92. The normalized spacial score (nSPS) is 14.4. The van der Waals surface area contributed by atoms with Crippen molar-refractivity contribution in [2.45, 2.75) is 70.8 Å². The van der Waals surface area contributed by atoms with Crippen molar-refractivity contribution in [3.8, 4) is 0 Å². The first-order valence-corrected chi connectivity index (χ1v) is 10.7. The summed E-state index contributed by atoms with van der Waals surface area (Å²) in [6, 6.07) is 0. The summed E-state index contributed by atoms with van der Waals surface area (Å²) in [4.78, 5) is 11.0. The summed E-state index contributed by atoms with van der Waals surface area (Å²) in [5, 5.41) is 27.1. The number of rotatable bonds is 17. The zero-order valence-corrected chi connectivity index (χ0v) is 17.7. The van der Waals surface area contributed by atoms with Gasteiger partial charge in [0.05, 0.1) is 12.7 Å². The molecule has 29 heavy (non-hydrogen) atoms. The lowest BCUT2D eigenvalue weighted by Gasteiger charge is -2.06. The zero-order valence-electron chi connectivity index (χ0n) is 17.7. The van der Waals surface area contributed by atoms with Crippen molar-refractivity contribution in [1.82, 2.24) is 0 Å². The van der Waals surface area contributed by atoms with Crippen molar-refractivity contribution in [2.24, 2.45) is 0 Å². The third-order valence-electron chi connectivity index (χ3n) is 4.24. The summed E-state index contributed by atoms with van der Waals surface area (Å²) in [7, 11) is 0. The Bertz CT molecular complexity index is 580. The van der Waals surface area contributed by atoms with Gasteiger partial charge in [0.25, 0.3) is 0 Å². The molecule has 0 radical (unpaired) electrons. The summed E-state index contributed by atoms with van der Waals surface area (Å²) < 4.78 is 0. The molecule has 0 aromatic heterocycles. The van der Waals surface area contributed by atoms with Gasteiger partial charge < -0.3 is 15.3 Å². The third kappa shape index (κ3) is 18.9. The van der Waals surface area contributed by atoms with Crippen molar-refractivity contribution in [1.29, 1.82) is 0 Å². The summed E-state index contributed by atoms with van der Waals surface area (Å²) >= 11 is 0. The van der Waals surface area contributed by atoms with Gasteiger partial charge in [-0.2, -0.15) is 0 Å². The fourth-order valence-electron chi connectivity index (χ4n) is 2.56. The highest BCUT2D eigenvalue weighted by molar-refractivity contribution is 5.87. The molecule has 0 heterocycles. The number of hydrogen-bond acceptors (Lipinski definition) is 3. The Morgan fingerprint density at radius 2 is 1.31 bits per heavy atom. The molecule has 0 aromatic carbocycles. The van der Waals surface area contributed by atoms with Gasteiger partial charge in [-0.25, -0.2) is 4.79 Å². The molecule has 0 saturated heterocycles. The minimum atomic E-state index is -1.10. The summed E-state index contributed by atoms with van der Waals surface area (Å²) in [6.45, 7) is 1.79. The average Bonchev–Trinajstić information content (AvgIpc) is 2.71. The molecule has 0 fully saturated rings. The molecule has 0 aliphatic carbocycles. The van der Waals surface area contributed by atoms with E-state index in [2.05, 4.69) is 19.1 Å². The monoisotopic (exact) mass is 402 g/mol. The first-order chi connectivity index (χ1) is 14.1. The summed E-state index contributed by atoms with van der Waals surface area (Å²) in [5.41, 5.74) is 0.0537. The minimum absolute atomic E-state index is 0.0537. The van der Waals surface area contributed by atoms with E-state index in [1.165, 1.54) is 51.0 Å². The van der Waals surface area contributed by atoms with Crippen molar-refractivity contribution >= 4 is 5.97 Å². The molecule has 0 aromatic rings. The van der Waals surface area contributed by atoms with Crippen molar-refractivity contribution < 1.29 is 20.1 Å². The fourth-order valence-corrected chi connectivity index (χ4v) is 2.56. The quantitative estimate of drug-likeness (QED) is 0.167. The van der Waals surface area contributed by atoms with Gasteiger partial charge in [-0.3, -0.25) is 0 Å². The Labute approximate surface area is 176 Å². The fraction of sp³-hybridized carbons (Fsp3) is 0.480. The van der Waals surface area contributed by atoms with E-state index in [4.69, 9.17) is 10.2 Å². The maximum atomic E-state index is 11.0. The smallest absolute Gasteiger partial charge is 0.331 e. The van der Waals surface area contributed by atoms with E-state index >= 15 is 0 Å². The van der Waals surface area contributed by atoms with Crippen LogP contribution in [0, 0.1) is 0 Å². The Morgan fingerprint density at radius 1 is 0.793 bits per heavy atom. The Kier molecular flexibility index (Phi) is 19.0. The number of unbranched alkanes of at least 4 members (excludes halogenated alkanes) is 7. The zero-order chi connectivity index (χ0) is 21.6. The number of allylic oxidation sites excluding steroid dienone is 11. The van der Waals surface area contributed by atoms with Gasteiger partial charge in [0.1, 0.15) is 0 Å². The van der Waals surface area contributed by atoms with Crippen LogP contribution in [0.2, 0.25) is 0 Å². The van der Waals surface area contributed by atoms with E-state index in [1.54, 1.807) is 18.2 Å². The molecule has 0 rings (SSSR count). The number of carboxylic acid groups (broad SMARTS) is 1. The number of carbonyl (C=O) groups is 1. The van der Waals surface area contributed by atoms with Gasteiger partial charge >= 0.3 is 5.97 Å². The molecular formula is C25H38O4. The molecule has 0 bridgehead atoms. The predicted octanol–water partition coefficient (Wildman–Crippen LogP) is 5.66. The molecular weight excluding hydrogens is 364 g/mol. The molecule has 1 unspecified atom stereocenters. The van der Waals surface area contributed by atoms with Gasteiger partial charge in [-0.15, -0.1) is 0 Å². The number of aliphatic carboxylic acids is 1. The first kappa shape index (κ1) is 26.8. The van der Waals surface area contributed by atoms with Crippen LogP contribution >= 0.6 is 0 Å². The van der Waals surface area contributed by atoms with E-state index < -0.39 is 18.7 Å². The number of hydrogen-bond donors (Lipinski definition) is 3. The highest BCUT2D eigenvalue weighted by Gasteiger charge is 2.11. The van der Waals surface area contributed by atoms with E-state index in [0.717, 1.165) is 6.42 Å². The van der Waals surface area contributed by atoms with Gasteiger partial charge in [0.15, 0.2) is 0 Å². The number of aliphatic hydroxyl groups is 2. The van der Waals surface area contributed by atoms with Crippen LogP contribution in [0.15, 0.2) is 72.4 Å². The van der Waals surface area contributed by atoms with Crippen LogP contribution < -0.4 is 0 Å². The Hall–Kier alpha value is -2.17. The number of carboxylic acids is 1. The van der Waals surface area contributed by atoms with Gasteiger partial charge in [0, 0.05) is 12.0 Å². The average molecular weight is 403 g/mol. The topological polar surface area (TPSA) is 77.8 Å². The van der Waals surface area contributed by atoms with Crippen LogP contribution in [-0.4, -0.2) is 34.0 Å². The van der Waals surface area contributed by atoms with Crippen molar-refractivity contribution in [2.75, 3.05) is 6.61 Å². The van der Waals surface area contributed by atoms with Crippen LogP contribution in [-0.2, 0) is 4.79 Å². The molecule has 0 aliphatic heterocycles. The Balaban J connectivity index is 3.96. The van der Waals surface area contributed by atoms with Crippen LogP contribution in [0.1, 0.15) is 64.7 Å². The molecule has 0 amide bonds. The summed E-state index contributed by atoms with van der Waals surface area (Å²) in [6.07, 6.45) is 29.8. The molecule has 3 N–H and O–H groups in total. The number of aliphatic hydroxyl groups excluding tert-OH is 2. The van der Waals surface area contributed by atoms with Crippen LogP contribution in [0.5, 0.6) is 0 Å². The minimum Gasteiger partial charge on any atom is -0.478 e. The lowest BCUT2D eigenvalue weighted by molar-refractivity contribution is -0.133. The molecule has 0 aliphatic rings. The second kappa shape index (κ2) is 20.6. The van der Waals surface area contributed by atoms with Gasteiger partial charge in [-0.1, -0.05) is 112 Å². The van der Waals surface area contributed by atoms with Gasteiger partial charge in [0.2, 0.25) is 0 Å². The highest BCUT2D eigenvalue weighted by Crippen LogP contribution is 2.08. The first-order valence-electron chi connectivity index (χ1n) is 10.7. The summed E-state index contributed by atoms with van der Waals surface area (Å²) in [5.74, 6) is -1.10. The van der Waals surface area contributed by atoms with Crippen molar-refractivity contribution in [3.63, 3.8) is 0 Å². The highest BCUT2D eigenvalue weighted by atomic mass is 16.4.